The Balaban J connectivity index is 0.00000182. The Morgan fingerprint density at radius 3 is 3.04 bits per heavy atom. The first-order chi connectivity index (χ1) is 11.6. The van der Waals surface area contributed by atoms with Crippen LogP contribution in [0.1, 0.15) is 39.4 Å². The van der Waals surface area contributed by atoms with E-state index < -0.39 is 0 Å². The van der Waals surface area contributed by atoms with Gasteiger partial charge in [0, 0.05) is 37.3 Å². The van der Waals surface area contributed by atoms with Crippen LogP contribution in [0.3, 0.4) is 0 Å². The lowest BCUT2D eigenvalue weighted by Crippen LogP contribution is -2.50. The monoisotopic (exact) mass is 381 g/mol. The van der Waals surface area contributed by atoms with Crippen LogP contribution in [0, 0.1) is 12.8 Å². The molecule has 2 aliphatic heterocycles. The number of nitrogens with zero attached hydrogens (tertiary/aromatic N) is 3. The van der Waals surface area contributed by atoms with Crippen molar-refractivity contribution >= 4 is 29.8 Å². The molecule has 3 atom stereocenters. The van der Waals surface area contributed by atoms with Gasteiger partial charge >= 0.3 is 0 Å². The number of nitrogens with one attached hydrogen (secondary N) is 2. The van der Waals surface area contributed by atoms with Gasteiger partial charge in [0.2, 0.25) is 0 Å². The van der Waals surface area contributed by atoms with Crippen LogP contribution in [-0.4, -0.2) is 39.7 Å². The van der Waals surface area contributed by atoms with Gasteiger partial charge in [-0.3, -0.25) is 9.59 Å². The maximum atomic E-state index is 12.4. The van der Waals surface area contributed by atoms with Crippen molar-refractivity contribution in [2.24, 2.45) is 5.92 Å². The molecule has 2 aromatic rings. The Bertz CT molecular complexity index is 836. The largest absolute Gasteiger partial charge is 0.349 e. The molecular weight excluding hydrogens is 362 g/mol. The molecule has 0 radical (unpaired) electrons. The summed E-state index contributed by atoms with van der Waals surface area (Å²) in [5, 5.41) is 10.3. The van der Waals surface area contributed by atoms with Gasteiger partial charge in [-0.25, -0.2) is 0 Å². The molecule has 1 amide bonds. The van der Waals surface area contributed by atoms with Gasteiger partial charge in [-0.15, -0.1) is 17.5 Å². The van der Waals surface area contributed by atoms with Crippen LogP contribution < -0.4 is 16.2 Å². The summed E-state index contributed by atoms with van der Waals surface area (Å²) in [5.74, 6) is 0.550. The second-order valence-electron chi connectivity index (χ2n) is 6.47. The number of amides is 1. The van der Waals surface area contributed by atoms with Crippen molar-refractivity contribution in [1.82, 2.24) is 24.8 Å². The maximum Gasteiger partial charge on any atom is 0.265 e. The number of carbonyl (C=O) groups excluding carboxylic acids is 1. The van der Waals surface area contributed by atoms with Crippen molar-refractivity contribution in [3.8, 4) is 0 Å². The van der Waals surface area contributed by atoms with E-state index in [9.17, 15) is 9.59 Å². The van der Waals surface area contributed by atoms with Crippen molar-refractivity contribution in [2.75, 3.05) is 19.6 Å². The van der Waals surface area contributed by atoms with E-state index in [1.54, 1.807) is 13.0 Å². The van der Waals surface area contributed by atoms with Crippen LogP contribution in [0.15, 0.2) is 23.0 Å². The van der Waals surface area contributed by atoms with Crippen molar-refractivity contribution < 1.29 is 4.79 Å². The third kappa shape index (κ3) is 3.21. The number of aryl methyl sites for hydroxylation is 1. The zero-order valence-electron chi connectivity index (χ0n) is 13.8. The summed E-state index contributed by atoms with van der Waals surface area (Å²) in [5.41, 5.74) is 1.72. The highest BCUT2D eigenvalue weighted by Crippen LogP contribution is 2.38. The lowest BCUT2D eigenvalue weighted by atomic mass is 9.79. The van der Waals surface area contributed by atoms with E-state index in [-0.39, 0.29) is 29.9 Å². The summed E-state index contributed by atoms with van der Waals surface area (Å²) >= 11 is 1.10. The van der Waals surface area contributed by atoms with Gasteiger partial charge in [-0.1, -0.05) is 10.6 Å². The molecule has 134 valence electrons. The summed E-state index contributed by atoms with van der Waals surface area (Å²) in [4.78, 5) is 25.3. The van der Waals surface area contributed by atoms with Crippen LogP contribution in [0.4, 0.5) is 0 Å². The molecule has 1 saturated heterocycles. The second kappa shape index (κ2) is 7.23. The standard InChI is InChI=1S/C16H19N5O2S.ClH/c1-9-15(24-20-19-9)16(23)18-8-13-11-5-10(6-17-7-11)12-3-2-4-14(22)21(12)13;/h2-4,10-11,13,17H,5-8H2,1H3,(H,18,23);1H/t10-,11+,13+;/m1./s1. The summed E-state index contributed by atoms with van der Waals surface area (Å²) in [6.07, 6.45) is 1.05. The summed E-state index contributed by atoms with van der Waals surface area (Å²) < 4.78 is 5.69. The Morgan fingerprint density at radius 2 is 2.28 bits per heavy atom. The fourth-order valence-corrected chi connectivity index (χ4v) is 4.46. The van der Waals surface area contributed by atoms with Gasteiger partial charge in [0.05, 0.1) is 11.7 Å². The molecule has 9 heteroatoms. The highest BCUT2D eigenvalue weighted by atomic mass is 35.5. The zero-order chi connectivity index (χ0) is 16.7. The molecule has 2 aliphatic rings. The number of aromatic nitrogens is 3. The number of halogens is 1. The predicted molar refractivity (Wildman–Crippen MR) is 97.7 cm³/mol. The average molecular weight is 382 g/mol. The van der Waals surface area contributed by atoms with E-state index in [1.165, 1.54) is 0 Å². The lowest BCUT2D eigenvalue weighted by molar-refractivity contribution is 0.0935. The van der Waals surface area contributed by atoms with Crippen LogP contribution >= 0.6 is 23.9 Å². The predicted octanol–water partition coefficient (Wildman–Crippen LogP) is 1.11. The normalized spacial score (nSPS) is 24.1. The Hall–Kier alpha value is -1.77. The first-order valence-corrected chi connectivity index (χ1v) is 8.92. The summed E-state index contributed by atoms with van der Waals surface area (Å²) in [6.45, 7) is 3.99. The third-order valence-corrected chi connectivity index (χ3v) is 5.86. The molecule has 0 aliphatic carbocycles. The second-order valence-corrected chi connectivity index (χ2v) is 7.23. The van der Waals surface area contributed by atoms with E-state index in [1.807, 2.05) is 16.7 Å². The lowest BCUT2D eigenvalue weighted by Gasteiger charge is -2.43. The molecule has 0 spiro atoms. The van der Waals surface area contributed by atoms with Crippen molar-refractivity contribution in [3.63, 3.8) is 0 Å². The molecule has 25 heavy (non-hydrogen) atoms. The molecule has 0 saturated carbocycles. The molecule has 0 aromatic carbocycles. The molecule has 0 unspecified atom stereocenters. The molecular formula is C16H20ClN5O2S. The molecule has 7 nitrogen and oxygen atoms in total. The van der Waals surface area contributed by atoms with Crippen LogP contribution in [0.25, 0.3) is 0 Å². The fraction of sp³-hybridized carbons (Fsp3) is 0.500. The number of hydrogen-bond donors (Lipinski definition) is 2. The Labute approximate surface area is 155 Å². The minimum Gasteiger partial charge on any atom is -0.349 e. The van der Waals surface area contributed by atoms with Gasteiger partial charge in [-0.2, -0.15) is 0 Å². The SMILES string of the molecule is Cc1nnsc1C(=O)NC[C@H]1[C@@H]2CNC[C@@H](C2)c2cccc(=O)n21.Cl. The quantitative estimate of drug-likeness (QED) is 0.831. The number of hydrogen-bond acceptors (Lipinski definition) is 6. The van der Waals surface area contributed by atoms with E-state index in [4.69, 9.17) is 0 Å². The van der Waals surface area contributed by atoms with Crippen LogP contribution in [-0.2, 0) is 0 Å². The molecule has 2 aromatic heterocycles. The maximum absolute atomic E-state index is 12.4. The molecule has 2 bridgehead atoms. The molecule has 2 N–H and O–H groups in total. The minimum absolute atomic E-state index is 0. The number of rotatable bonds is 3. The Kier molecular flexibility index (Phi) is 5.21. The van der Waals surface area contributed by atoms with Crippen LogP contribution in [0.5, 0.6) is 0 Å². The van der Waals surface area contributed by atoms with Gasteiger partial charge in [-0.05, 0) is 36.9 Å². The van der Waals surface area contributed by atoms with Crippen molar-refractivity contribution in [3.05, 3.63) is 44.8 Å². The van der Waals surface area contributed by atoms with E-state index in [0.717, 1.165) is 36.7 Å². The van der Waals surface area contributed by atoms with E-state index in [2.05, 4.69) is 20.2 Å². The Morgan fingerprint density at radius 1 is 1.44 bits per heavy atom. The zero-order valence-corrected chi connectivity index (χ0v) is 15.4. The number of piperidine rings is 1. The average Bonchev–Trinajstić information content (AvgIpc) is 3.01. The first-order valence-electron chi connectivity index (χ1n) is 8.14. The first kappa shape index (κ1) is 18.0. The number of carbonyl (C=O) groups is 1. The van der Waals surface area contributed by atoms with Crippen molar-refractivity contribution in [2.45, 2.75) is 25.3 Å². The fourth-order valence-electron chi connectivity index (χ4n) is 3.88. The molecule has 4 rings (SSSR count). The van der Waals surface area contributed by atoms with Gasteiger partial charge in [0.15, 0.2) is 0 Å². The highest BCUT2D eigenvalue weighted by molar-refractivity contribution is 7.07. The number of fused-ring (bicyclic) bond motifs is 4. The van der Waals surface area contributed by atoms with Crippen LogP contribution in [0.2, 0.25) is 0 Å². The number of pyridine rings is 1. The summed E-state index contributed by atoms with van der Waals surface area (Å²) in [6, 6.07) is 5.43. The van der Waals surface area contributed by atoms with Gasteiger partial charge in [0.25, 0.3) is 11.5 Å². The minimum atomic E-state index is -0.168. The third-order valence-electron chi connectivity index (χ3n) is 5.03. The van der Waals surface area contributed by atoms with Crippen molar-refractivity contribution in [1.29, 1.82) is 0 Å². The smallest absolute Gasteiger partial charge is 0.265 e. The topological polar surface area (TPSA) is 88.9 Å². The summed E-state index contributed by atoms with van der Waals surface area (Å²) in [7, 11) is 0. The van der Waals surface area contributed by atoms with Gasteiger partial charge in [0.1, 0.15) is 4.88 Å². The molecule has 1 fully saturated rings. The van der Waals surface area contributed by atoms with E-state index in [0.29, 0.717) is 29.0 Å². The van der Waals surface area contributed by atoms with E-state index >= 15 is 0 Å². The van der Waals surface area contributed by atoms with Gasteiger partial charge < -0.3 is 15.2 Å². The molecule has 4 heterocycles. The highest BCUT2D eigenvalue weighted by Gasteiger charge is 2.37.